The van der Waals surface area contributed by atoms with Gasteiger partial charge in [0.2, 0.25) is 0 Å². The van der Waals surface area contributed by atoms with Gasteiger partial charge in [-0.2, -0.15) is 0 Å². The molecule has 152 valence electrons. The summed E-state index contributed by atoms with van der Waals surface area (Å²) < 4.78 is 7.50. The van der Waals surface area contributed by atoms with Crippen LogP contribution in [0.1, 0.15) is 25.0 Å². The molecule has 3 aromatic rings. The summed E-state index contributed by atoms with van der Waals surface area (Å²) in [5, 5.41) is 7.23. The Morgan fingerprint density at radius 1 is 1.10 bits per heavy atom. The number of morpholine rings is 1. The van der Waals surface area contributed by atoms with Gasteiger partial charge >= 0.3 is 0 Å². The first-order chi connectivity index (χ1) is 14.1. The number of para-hydroxylation sites is 2. The lowest BCUT2D eigenvalue weighted by Crippen LogP contribution is -2.41. The number of hydrogen-bond donors (Lipinski definition) is 2. The van der Waals surface area contributed by atoms with Crippen LogP contribution in [0.5, 0.6) is 0 Å². The van der Waals surface area contributed by atoms with E-state index in [2.05, 4.69) is 34.6 Å². The van der Waals surface area contributed by atoms with Crippen LogP contribution in [0.4, 0.5) is 17.2 Å². The van der Waals surface area contributed by atoms with E-state index in [1.807, 2.05) is 23.7 Å². The van der Waals surface area contributed by atoms with Gasteiger partial charge in [-0.25, -0.2) is 15.0 Å². The number of aromatic nitrogens is 4. The van der Waals surface area contributed by atoms with E-state index < -0.39 is 5.66 Å². The molecule has 4 heterocycles. The molecule has 5 rings (SSSR count). The van der Waals surface area contributed by atoms with Gasteiger partial charge < -0.3 is 24.8 Å². The summed E-state index contributed by atoms with van der Waals surface area (Å²) >= 11 is 6.13. The Morgan fingerprint density at radius 2 is 1.79 bits per heavy atom. The molecular formula is C20H24ClN7O. The summed E-state index contributed by atoms with van der Waals surface area (Å²) in [5.74, 6) is 2.65. The molecule has 0 amide bonds. The third-order valence-corrected chi connectivity index (χ3v) is 6.00. The fourth-order valence-electron chi connectivity index (χ4n) is 4.04. The van der Waals surface area contributed by atoms with Crippen molar-refractivity contribution in [3.63, 3.8) is 0 Å². The molecular weight excluding hydrogens is 390 g/mol. The Labute approximate surface area is 174 Å². The van der Waals surface area contributed by atoms with E-state index in [-0.39, 0.29) is 0 Å². The number of halogens is 1. The van der Waals surface area contributed by atoms with E-state index in [9.17, 15) is 0 Å². The molecule has 8 nitrogen and oxygen atoms in total. The first-order valence-corrected chi connectivity index (χ1v) is 10.5. The summed E-state index contributed by atoms with van der Waals surface area (Å²) in [6.07, 6.45) is 0.774. The Kier molecular flexibility index (Phi) is 4.48. The number of aryl methyl sites for hydroxylation is 1. The number of rotatable bonds is 4. The second kappa shape index (κ2) is 7.03. The standard InChI is InChI=1S/C20H24ClN7O/c1-3-20(25-13-6-4-5-7-14(13)26-20)19-23-17-16(22-15(12-21)27(17)2)18(24-19)28-8-10-29-11-9-28/h4-7,25-26H,3,8-12H2,1-2H3. The summed E-state index contributed by atoms with van der Waals surface area (Å²) in [4.78, 5) is 17.0. The maximum Gasteiger partial charge on any atom is 0.179 e. The molecule has 1 aromatic carbocycles. The highest BCUT2D eigenvalue weighted by molar-refractivity contribution is 6.16. The lowest BCUT2D eigenvalue weighted by molar-refractivity contribution is 0.122. The SMILES string of the molecule is CCC1(c2nc(N3CCOCC3)c3nc(CCl)n(C)c3n2)Nc2ccccc2N1. The van der Waals surface area contributed by atoms with Crippen LogP contribution in [0.15, 0.2) is 24.3 Å². The Balaban J connectivity index is 1.69. The molecule has 1 saturated heterocycles. The molecule has 2 aliphatic rings. The molecule has 1 fully saturated rings. The summed E-state index contributed by atoms with van der Waals surface area (Å²) in [5.41, 5.74) is 3.11. The lowest BCUT2D eigenvalue weighted by Gasteiger charge is -2.31. The minimum Gasteiger partial charge on any atom is -0.378 e. The van der Waals surface area contributed by atoms with Crippen LogP contribution in [-0.4, -0.2) is 45.8 Å². The van der Waals surface area contributed by atoms with Crippen molar-refractivity contribution >= 4 is 40.0 Å². The molecule has 2 aromatic heterocycles. The monoisotopic (exact) mass is 413 g/mol. The number of anilines is 3. The van der Waals surface area contributed by atoms with E-state index in [1.54, 1.807) is 0 Å². The fraction of sp³-hybridized carbons (Fsp3) is 0.450. The van der Waals surface area contributed by atoms with Gasteiger partial charge in [0.05, 0.1) is 30.5 Å². The highest BCUT2D eigenvalue weighted by Gasteiger charge is 2.40. The Hall–Kier alpha value is -2.58. The Morgan fingerprint density at radius 3 is 2.41 bits per heavy atom. The van der Waals surface area contributed by atoms with E-state index in [1.165, 1.54) is 0 Å². The van der Waals surface area contributed by atoms with Crippen LogP contribution in [0.25, 0.3) is 11.2 Å². The van der Waals surface area contributed by atoms with Crippen LogP contribution in [-0.2, 0) is 23.3 Å². The van der Waals surface area contributed by atoms with Crippen LogP contribution >= 0.6 is 11.6 Å². The van der Waals surface area contributed by atoms with E-state index in [4.69, 9.17) is 31.3 Å². The normalized spacial score (nSPS) is 17.8. The number of hydrogen-bond acceptors (Lipinski definition) is 7. The van der Waals surface area contributed by atoms with Crippen molar-refractivity contribution in [1.29, 1.82) is 0 Å². The van der Waals surface area contributed by atoms with Crippen molar-refractivity contribution in [2.75, 3.05) is 41.8 Å². The second-order valence-corrected chi connectivity index (χ2v) is 7.68. The molecule has 2 aliphatic heterocycles. The predicted octanol–water partition coefficient (Wildman–Crippen LogP) is 3.04. The average Bonchev–Trinajstić information content (AvgIpc) is 3.32. The van der Waals surface area contributed by atoms with Crippen molar-refractivity contribution in [2.24, 2.45) is 7.05 Å². The minimum atomic E-state index is -0.579. The molecule has 0 radical (unpaired) electrons. The van der Waals surface area contributed by atoms with Gasteiger partial charge in [0.25, 0.3) is 0 Å². The highest BCUT2D eigenvalue weighted by Crippen LogP contribution is 2.41. The zero-order chi connectivity index (χ0) is 20.0. The molecule has 0 spiro atoms. The van der Waals surface area contributed by atoms with Crippen LogP contribution < -0.4 is 15.5 Å². The van der Waals surface area contributed by atoms with Crippen LogP contribution in [0.3, 0.4) is 0 Å². The number of alkyl halides is 1. The second-order valence-electron chi connectivity index (χ2n) is 7.42. The quantitative estimate of drug-likeness (QED) is 0.636. The number of benzene rings is 1. The third kappa shape index (κ3) is 2.89. The largest absolute Gasteiger partial charge is 0.378 e. The van der Waals surface area contributed by atoms with Crippen molar-refractivity contribution in [3.8, 4) is 0 Å². The van der Waals surface area contributed by atoms with Gasteiger partial charge in [-0.15, -0.1) is 11.6 Å². The summed E-state index contributed by atoms with van der Waals surface area (Å²) in [6, 6.07) is 8.18. The molecule has 29 heavy (non-hydrogen) atoms. The van der Waals surface area contributed by atoms with Gasteiger partial charge in [-0.1, -0.05) is 19.1 Å². The third-order valence-electron chi connectivity index (χ3n) is 5.76. The molecule has 0 atom stereocenters. The van der Waals surface area contributed by atoms with Gasteiger partial charge in [-0.05, 0) is 18.6 Å². The van der Waals surface area contributed by atoms with Gasteiger partial charge in [0.1, 0.15) is 5.82 Å². The zero-order valence-electron chi connectivity index (χ0n) is 16.6. The number of imidazole rings is 1. The van der Waals surface area contributed by atoms with Crippen molar-refractivity contribution < 1.29 is 4.74 Å². The number of ether oxygens (including phenoxy) is 1. The molecule has 9 heteroatoms. The van der Waals surface area contributed by atoms with Gasteiger partial charge in [-0.3, -0.25) is 0 Å². The van der Waals surface area contributed by atoms with E-state index in [0.29, 0.717) is 24.9 Å². The smallest absolute Gasteiger partial charge is 0.179 e. The maximum atomic E-state index is 6.13. The zero-order valence-corrected chi connectivity index (χ0v) is 17.3. The first kappa shape index (κ1) is 18.4. The first-order valence-electron chi connectivity index (χ1n) is 9.93. The molecule has 0 bridgehead atoms. The molecule has 0 aliphatic carbocycles. The minimum absolute atomic E-state index is 0.325. The van der Waals surface area contributed by atoms with Crippen LogP contribution in [0.2, 0.25) is 0 Å². The van der Waals surface area contributed by atoms with Gasteiger partial charge in [0.15, 0.2) is 28.5 Å². The molecule has 0 unspecified atom stereocenters. The summed E-state index contributed by atoms with van der Waals surface area (Å²) in [6.45, 7) is 5.03. The lowest BCUT2D eigenvalue weighted by atomic mass is 10.1. The highest BCUT2D eigenvalue weighted by atomic mass is 35.5. The Bertz CT molecular complexity index is 1040. The topological polar surface area (TPSA) is 80.1 Å². The van der Waals surface area contributed by atoms with E-state index in [0.717, 1.165) is 53.7 Å². The number of fused-ring (bicyclic) bond motifs is 2. The van der Waals surface area contributed by atoms with Crippen molar-refractivity contribution in [2.45, 2.75) is 24.9 Å². The predicted molar refractivity (Wildman–Crippen MR) is 115 cm³/mol. The molecule has 2 N–H and O–H groups in total. The number of nitrogens with one attached hydrogen (secondary N) is 2. The fourth-order valence-corrected chi connectivity index (χ4v) is 4.28. The molecule has 0 saturated carbocycles. The van der Waals surface area contributed by atoms with Crippen molar-refractivity contribution in [3.05, 3.63) is 35.9 Å². The number of nitrogens with zero attached hydrogens (tertiary/aromatic N) is 5. The maximum absolute atomic E-state index is 6.13. The van der Waals surface area contributed by atoms with Crippen LogP contribution in [0, 0.1) is 0 Å². The van der Waals surface area contributed by atoms with Crippen molar-refractivity contribution in [1.82, 2.24) is 19.5 Å². The summed E-state index contributed by atoms with van der Waals surface area (Å²) in [7, 11) is 1.95. The average molecular weight is 414 g/mol. The van der Waals surface area contributed by atoms with Gasteiger partial charge in [0, 0.05) is 20.1 Å². The van der Waals surface area contributed by atoms with E-state index >= 15 is 0 Å².